The highest BCUT2D eigenvalue weighted by molar-refractivity contribution is 6.42. The SMILES string of the molecule is O=C(O)CCCCCCC1C(=O)CCC1/C=C/C(=O)c1ccc(Cl)c(Cl)c1. The number of benzene rings is 1. The highest BCUT2D eigenvalue weighted by Crippen LogP contribution is 2.34. The summed E-state index contributed by atoms with van der Waals surface area (Å²) in [4.78, 5) is 35.0. The van der Waals surface area contributed by atoms with Crippen molar-refractivity contribution in [1.29, 1.82) is 0 Å². The lowest BCUT2D eigenvalue weighted by Crippen LogP contribution is -2.13. The van der Waals surface area contributed by atoms with E-state index in [0.29, 0.717) is 28.5 Å². The van der Waals surface area contributed by atoms with Crippen LogP contribution in [0.25, 0.3) is 0 Å². The van der Waals surface area contributed by atoms with Gasteiger partial charge in [0, 0.05) is 24.3 Å². The van der Waals surface area contributed by atoms with Gasteiger partial charge in [0.05, 0.1) is 10.0 Å². The standard InChI is InChI=1S/C21H24Cl2O4/c22-17-10-7-15(13-18(17)23)19(24)11-8-14-9-12-20(25)16(14)5-3-1-2-4-6-21(26)27/h7-8,10-11,13-14,16H,1-6,9,12H2,(H,26,27)/b11-8+. The zero-order chi connectivity index (χ0) is 19.8. The van der Waals surface area contributed by atoms with E-state index in [-0.39, 0.29) is 29.8 Å². The van der Waals surface area contributed by atoms with Crippen LogP contribution >= 0.6 is 23.2 Å². The van der Waals surface area contributed by atoms with Gasteiger partial charge in [0.15, 0.2) is 5.78 Å². The van der Waals surface area contributed by atoms with Crippen LogP contribution < -0.4 is 0 Å². The van der Waals surface area contributed by atoms with Crippen LogP contribution in [-0.4, -0.2) is 22.6 Å². The minimum absolute atomic E-state index is 0.0395. The molecule has 1 saturated carbocycles. The lowest BCUT2D eigenvalue weighted by atomic mass is 9.89. The topological polar surface area (TPSA) is 71.4 Å². The van der Waals surface area contributed by atoms with Crippen molar-refractivity contribution in [3.63, 3.8) is 0 Å². The second kappa shape index (κ2) is 10.6. The van der Waals surface area contributed by atoms with Gasteiger partial charge in [0.2, 0.25) is 0 Å². The van der Waals surface area contributed by atoms with Gasteiger partial charge in [-0.2, -0.15) is 0 Å². The number of hydrogen-bond acceptors (Lipinski definition) is 3. The van der Waals surface area contributed by atoms with Crippen molar-refractivity contribution in [2.45, 2.75) is 51.4 Å². The number of carbonyl (C=O) groups is 3. The van der Waals surface area contributed by atoms with Crippen LogP contribution in [0, 0.1) is 11.8 Å². The van der Waals surface area contributed by atoms with Crippen molar-refractivity contribution in [3.05, 3.63) is 46.0 Å². The van der Waals surface area contributed by atoms with Gasteiger partial charge in [-0.25, -0.2) is 0 Å². The van der Waals surface area contributed by atoms with Gasteiger partial charge in [-0.3, -0.25) is 14.4 Å². The second-order valence-corrected chi connectivity index (χ2v) is 7.79. The zero-order valence-electron chi connectivity index (χ0n) is 15.1. The molecule has 0 heterocycles. The first-order valence-corrected chi connectivity index (χ1v) is 10.1. The van der Waals surface area contributed by atoms with E-state index < -0.39 is 5.97 Å². The molecular weight excluding hydrogens is 387 g/mol. The number of ketones is 2. The van der Waals surface area contributed by atoms with Crippen LogP contribution in [0.5, 0.6) is 0 Å². The van der Waals surface area contributed by atoms with E-state index in [1.165, 1.54) is 6.08 Å². The maximum Gasteiger partial charge on any atom is 0.303 e. The third-order valence-electron chi connectivity index (χ3n) is 5.01. The normalized spacial score (nSPS) is 19.7. The van der Waals surface area contributed by atoms with Crippen molar-refractivity contribution in [2.75, 3.05) is 0 Å². The van der Waals surface area contributed by atoms with E-state index in [1.54, 1.807) is 18.2 Å². The maximum atomic E-state index is 12.3. The van der Waals surface area contributed by atoms with E-state index >= 15 is 0 Å². The molecular formula is C21H24Cl2O4. The molecule has 1 aliphatic carbocycles. The van der Waals surface area contributed by atoms with Gasteiger partial charge in [-0.05, 0) is 49.5 Å². The number of carbonyl (C=O) groups excluding carboxylic acids is 2. The highest BCUT2D eigenvalue weighted by Gasteiger charge is 2.32. The molecule has 1 aliphatic rings. The Hall–Kier alpha value is -1.65. The summed E-state index contributed by atoms with van der Waals surface area (Å²) in [7, 11) is 0. The predicted molar refractivity (Wildman–Crippen MR) is 106 cm³/mol. The molecule has 1 aromatic rings. The van der Waals surface area contributed by atoms with E-state index in [4.69, 9.17) is 28.3 Å². The fourth-order valence-corrected chi connectivity index (χ4v) is 3.79. The lowest BCUT2D eigenvalue weighted by molar-refractivity contribution is -0.137. The molecule has 27 heavy (non-hydrogen) atoms. The van der Waals surface area contributed by atoms with E-state index in [9.17, 15) is 14.4 Å². The van der Waals surface area contributed by atoms with Gasteiger partial charge in [0.1, 0.15) is 5.78 Å². The Morgan fingerprint density at radius 1 is 1.11 bits per heavy atom. The number of allylic oxidation sites excluding steroid dienone is 2. The van der Waals surface area contributed by atoms with Crippen molar-refractivity contribution < 1.29 is 19.5 Å². The molecule has 1 aromatic carbocycles. The molecule has 0 saturated heterocycles. The predicted octanol–water partition coefficient (Wildman–Crippen LogP) is 5.75. The average Bonchev–Trinajstić information content (AvgIpc) is 2.98. The summed E-state index contributed by atoms with van der Waals surface area (Å²) in [5.41, 5.74) is 0.472. The summed E-state index contributed by atoms with van der Waals surface area (Å²) in [5, 5.41) is 9.38. The summed E-state index contributed by atoms with van der Waals surface area (Å²) in [6.45, 7) is 0. The van der Waals surface area contributed by atoms with Crippen LogP contribution in [0.1, 0.15) is 61.7 Å². The molecule has 6 heteroatoms. The van der Waals surface area contributed by atoms with Gasteiger partial charge < -0.3 is 5.11 Å². The lowest BCUT2D eigenvalue weighted by Gasteiger charge is -2.14. The Bertz CT molecular complexity index is 727. The minimum atomic E-state index is -0.766. The first-order valence-electron chi connectivity index (χ1n) is 9.30. The van der Waals surface area contributed by atoms with E-state index in [1.807, 2.05) is 6.08 Å². The monoisotopic (exact) mass is 410 g/mol. The summed E-state index contributed by atoms with van der Waals surface area (Å²) < 4.78 is 0. The number of unbranched alkanes of at least 4 members (excludes halogenated alkanes) is 3. The molecule has 146 valence electrons. The highest BCUT2D eigenvalue weighted by atomic mass is 35.5. The quantitative estimate of drug-likeness (QED) is 0.302. The number of hydrogen-bond donors (Lipinski definition) is 1. The Morgan fingerprint density at radius 2 is 1.85 bits per heavy atom. The molecule has 0 spiro atoms. The molecule has 0 amide bonds. The Balaban J connectivity index is 1.85. The molecule has 4 nitrogen and oxygen atoms in total. The van der Waals surface area contributed by atoms with E-state index in [2.05, 4.69) is 0 Å². The Morgan fingerprint density at radius 3 is 2.56 bits per heavy atom. The molecule has 2 atom stereocenters. The minimum Gasteiger partial charge on any atom is -0.481 e. The first kappa shape index (κ1) is 21.6. The van der Waals surface area contributed by atoms with Crippen LogP contribution in [0.15, 0.2) is 30.4 Å². The van der Waals surface area contributed by atoms with E-state index in [0.717, 1.165) is 32.1 Å². The summed E-state index contributed by atoms with van der Waals surface area (Å²) in [6, 6.07) is 4.78. The molecule has 0 aromatic heterocycles. The number of rotatable bonds is 10. The third-order valence-corrected chi connectivity index (χ3v) is 5.75. The van der Waals surface area contributed by atoms with Crippen LogP contribution in [0.2, 0.25) is 10.0 Å². The third kappa shape index (κ3) is 6.78. The molecule has 2 rings (SSSR count). The number of Topliss-reactive ketones (excluding diaryl/α,β-unsaturated/α-hetero) is 1. The number of aliphatic carboxylic acids is 1. The molecule has 0 bridgehead atoms. The van der Waals surface area contributed by atoms with Gasteiger partial charge in [-0.1, -0.05) is 48.5 Å². The van der Waals surface area contributed by atoms with Crippen molar-refractivity contribution >= 4 is 40.7 Å². The fraction of sp³-hybridized carbons (Fsp3) is 0.476. The second-order valence-electron chi connectivity index (χ2n) is 6.97. The van der Waals surface area contributed by atoms with Crippen LogP contribution in [-0.2, 0) is 9.59 Å². The average molecular weight is 411 g/mol. The van der Waals surface area contributed by atoms with Gasteiger partial charge >= 0.3 is 5.97 Å². The summed E-state index contributed by atoms with van der Waals surface area (Å²) in [6.07, 6.45) is 9.07. The zero-order valence-corrected chi connectivity index (χ0v) is 16.6. The van der Waals surface area contributed by atoms with Gasteiger partial charge in [0.25, 0.3) is 0 Å². The molecule has 0 radical (unpaired) electrons. The number of carboxylic acids is 1. The van der Waals surface area contributed by atoms with Crippen molar-refractivity contribution in [1.82, 2.24) is 0 Å². The Kier molecular flexibility index (Phi) is 8.52. The maximum absolute atomic E-state index is 12.3. The van der Waals surface area contributed by atoms with Crippen LogP contribution in [0.3, 0.4) is 0 Å². The Labute approximate surface area is 169 Å². The number of halogens is 2. The summed E-state index contributed by atoms with van der Waals surface area (Å²) >= 11 is 11.8. The van der Waals surface area contributed by atoms with Crippen molar-refractivity contribution in [2.24, 2.45) is 11.8 Å². The molecule has 2 unspecified atom stereocenters. The first-order chi connectivity index (χ1) is 12.9. The summed E-state index contributed by atoms with van der Waals surface area (Å²) in [5.74, 6) is -0.610. The largest absolute Gasteiger partial charge is 0.481 e. The number of carboxylic acid groups (broad SMARTS) is 1. The molecule has 0 aliphatic heterocycles. The molecule has 1 N–H and O–H groups in total. The van der Waals surface area contributed by atoms with Crippen LogP contribution in [0.4, 0.5) is 0 Å². The smallest absolute Gasteiger partial charge is 0.303 e. The van der Waals surface area contributed by atoms with Gasteiger partial charge in [-0.15, -0.1) is 0 Å². The fourth-order valence-electron chi connectivity index (χ4n) is 3.49. The molecule has 1 fully saturated rings. The van der Waals surface area contributed by atoms with Crippen molar-refractivity contribution in [3.8, 4) is 0 Å².